The molecule has 0 aliphatic carbocycles. The Morgan fingerprint density at radius 3 is 2.57 bits per heavy atom. The molecule has 0 N–H and O–H groups in total. The minimum absolute atomic E-state index is 0.134. The molecule has 6 heteroatoms. The average molecular weight is 309 g/mol. The number of hydrogen-bond donors (Lipinski definition) is 0. The number of aryl methyl sites for hydroxylation is 1. The predicted molar refractivity (Wildman–Crippen MR) is 83.9 cm³/mol. The molecule has 0 saturated heterocycles. The molecular weight excluding hydrogens is 294 g/mol. The minimum Gasteiger partial charge on any atom is -0.457 e. The summed E-state index contributed by atoms with van der Waals surface area (Å²) in [6, 6.07) is 16.3. The van der Waals surface area contributed by atoms with E-state index >= 15 is 0 Å². The maximum absolute atomic E-state index is 11.9. The summed E-state index contributed by atoms with van der Waals surface area (Å²) in [5, 5.41) is 8.02. The summed E-state index contributed by atoms with van der Waals surface area (Å²) in [7, 11) is 0. The van der Waals surface area contributed by atoms with Crippen LogP contribution in [0.2, 0.25) is 0 Å². The first-order valence-electron chi connectivity index (χ1n) is 7.26. The number of carbonyl (C=O) groups is 2. The van der Waals surface area contributed by atoms with Gasteiger partial charge in [-0.1, -0.05) is 47.7 Å². The number of esters is 1. The number of ketones is 1. The second kappa shape index (κ2) is 6.83. The smallest absolute Gasteiger partial charge is 0.308 e. The fourth-order valence-corrected chi connectivity index (χ4v) is 2.21. The third-order valence-corrected chi connectivity index (χ3v) is 3.41. The zero-order chi connectivity index (χ0) is 16.1. The molecule has 1 heterocycles. The quantitative estimate of drug-likeness (QED) is 0.516. The standard InChI is InChI=1S/C17H15N3O3/c21-16(13-6-2-1-3-7-13)12-23-17(22)10-11-20-15-9-5-4-8-14(15)18-19-20/h1-9H,10-12H2. The number of rotatable bonds is 6. The SMILES string of the molecule is O=C(CCn1nnc2ccccc21)OCC(=O)c1ccccc1. The van der Waals surface area contributed by atoms with Gasteiger partial charge in [0, 0.05) is 5.56 Å². The van der Waals surface area contributed by atoms with Gasteiger partial charge in [0.15, 0.2) is 12.4 Å². The molecule has 1 aromatic heterocycles. The van der Waals surface area contributed by atoms with Crippen LogP contribution >= 0.6 is 0 Å². The molecule has 116 valence electrons. The highest BCUT2D eigenvalue weighted by Gasteiger charge is 2.11. The third-order valence-electron chi connectivity index (χ3n) is 3.41. The van der Waals surface area contributed by atoms with Gasteiger partial charge in [-0.05, 0) is 12.1 Å². The number of nitrogens with zero attached hydrogens (tertiary/aromatic N) is 3. The van der Waals surface area contributed by atoms with Crippen molar-refractivity contribution < 1.29 is 14.3 Å². The topological polar surface area (TPSA) is 74.1 Å². The number of ether oxygens (including phenoxy) is 1. The Morgan fingerprint density at radius 1 is 1.00 bits per heavy atom. The number of hydrogen-bond acceptors (Lipinski definition) is 5. The van der Waals surface area contributed by atoms with Crippen LogP contribution in [0, 0.1) is 0 Å². The van der Waals surface area contributed by atoms with Crippen LogP contribution in [0.15, 0.2) is 54.6 Å². The maximum Gasteiger partial charge on any atom is 0.308 e. The van der Waals surface area contributed by atoms with Crippen molar-refractivity contribution in [2.45, 2.75) is 13.0 Å². The van der Waals surface area contributed by atoms with Crippen LogP contribution in [0.25, 0.3) is 11.0 Å². The van der Waals surface area contributed by atoms with Gasteiger partial charge in [0.1, 0.15) is 5.52 Å². The number of para-hydroxylation sites is 1. The van der Waals surface area contributed by atoms with Crippen molar-refractivity contribution in [3.63, 3.8) is 0 Å². The highest BCUT2D eigenvalue weighted by Crippen LogP contribution is 2.10. The molecule has 0 bridgehead atoms. The molecular formula is C17H15N3O3. The van der Waals surface area contributed by atoms with Crippen LogP contribution in [0.3, 0.4) is 0 Å². The first kappa shape index (κ1) is 14.9. The largest absolute Gasteiger partial charge is 0.457 e. The van der Waals surface area contributed by atoms with Gasteiger partial charge in [0.05, 0.1) is 18.5 Å². The van der Waals surface area contributed by atoms with E-state index in [2.05, 4.69) is 10.3 Å². The lowest BCUT2D eigenvalue weighted by Gasteiger charge is -2.05. The second-order valence-electron chi connectivity index (χ2n) is 5.00. The molecule has 0 spiro atoms. The van der Waals surface area contributed by atoms with Crippen molar-refractivity contribution in [3.05, 3.63) is 60.2 Å². The van der Waals surface area contributed by atoms with Gasteiger partial charge in [0.25, 0.3) is 0 Å². The Morgan fingerprint density at radius 2 is 1.74 bits per heavy atom. The average Bonchev–Trinajstić information content (AvgIpc) is 3.02. The van der Waals surface area contributed by atoms with Crippen molar-refractivity contribution >= 4 is 22.8 Å². The summed E-state index contributed by atoms with van der Waals surface area (Å²) in [5.41, 5.74) is 2.17. The highest BCUT2D eigenvalue weighted by atomic mass is 16.5. The molecule has 2 aromatic carbocycles. The van der Waals surface area contributed by atoms with Crippen LogP contribution in [-0.2, 0) is 16.1 Å². The van der Waals surface area contributed by atoms with E-state index in [-0.39, 0.29) is 18.8 Å². The highest BCUT2D eigenvalue weighted by molar-refractivity contribution is 5.97. The van der Waals surface area contributed by atoms with E-state index in [4.69, 9.17) is 4.74 Å². The molecule has 0 fully saturated rings. The molecule has 3 rings (SSSR count). The predicted octanol–water partition coefficient (Wildman–Crippen LogP) is 2.25. The number of carbonyl (C=O) groups excluding carboxylic acids is 2. The lowest BCUT2D eigenvalue weighted by Crippen LogP contribution is -2.16. The van der Waals surface area contributed by atoms with Gasteiger partial charge in [0.2, 0.25) is 0 Å². The van der Waals surface area contributed by atoms with Crippen LogP contribution in [0.1, 0.15) is 16.8 Å². The minimum atomic E-state index is -0.436. The van der Waals surface area contributed by atoms with Gasteiger partial charge < -0.3 is 4.74 Å². The number of fused-ring (bicyclic) bond motifs is 1. The monoisotopic (exact) mass is 309 g/mol. The molecule has 0 unspecified atom stereocenters. The van der Waals surface area contributed by atoms with E-state index in [1.165, 1.54) is 0 Å². The van der Waals surface area contributed by atoms with Crippen molar-refractivity contribution in [2.24, 2.45) is 0 Å². The molecule has 3 aromatic rings. The molecule has 23 heavy (non-hydrogen) atoms. The summed E-state index contributed by atoms with van der Waals surface area (Å²) in [4.78, 5) is 23.6. The fraction of sp³-hybridized carbons (Fsp3) is 0.176. The normalized spacial score (nSPS) is 10.6. The Labute approximate surface area is 132 Å². The second-order valence-corrected chi connectivity index (χ2v) is 5.00. The van der Waals surface area contributed by atoms with E-state index in [1.54, 1.807) is 28.9 Å². The van der Waals surface area contributed by atoms with Crippen molar-refractivity contribution in [3.8, 4) is 0 Å². The molecule has 0 amide bonds. The molecule has 6 nitrogen and oxygen atoms in total. The zero-order valence-electron chi connectivity index (χ0n) is 12.4. The number of aromatic nitrogens is 3. The first-order valence-corrected chi connectivity index (χ1v) is 7.26. The van der Waals surface area contributed by atoms with Crippen LogP contribution in [0.5, 0.6) is 0 Å². The molecule has 0 atom stereocenters. The van der Waals surface area contributed by atoms with E-state index in [9.17, 15) is 9.59 Å². The fourth-order valence-electron chi connectivity index (χ4n) is 2.21. The Balaban J connectivity index is 1.51. The summed E-state index contributed by atoms with van der Waals surface area (Å²) in [6.45, 7) is 0.111. The third kappa shape index (κ3) is 3.60. The Bertz CT molecular complexity index is 827. The van der Waals surface area contributed by atoms with Gasteiger partial charge in [-0.25, -0.2) is 4.68 Å². The van der Waals surface area contributed by atoms with E-state index in [1.807, 2.05) is 30.3 Å². The molecule has 0 aliphatic rings. The van der Waals surface area contributed by atoms with Crippen LogP contribution in [-0.4, -0.2) is 33.4 Å². The molecule has 0 aliphatic heterocycles. The summed E-state index contributed by atoms with van der Waals surface area (Å²) >= 11 is 0. The summed E-state index contributed by atoms with van der Waals surface area (Å²) < 4.78 is 6.67. The molecule has 0 radical (unpaired) electrons. The van der Waals surface area contributed by atoms with Crippen molar-refractivity contribution in [1.82, 2.24) is 15.0 Å². The maximum atomic E-state index is 11.9. The molecule has 0 saturated carbocycles. The zero-order valence-corrected chi connectivity index (χ0v) is 12.4. The first-order chi connectivity index (χ1) is 11.2. The number of benzene rings is 2. The van der Waals surface area contributed by atoms with Crippen molar-refractivity contribution in [1.29, 1.82) is 0 Å². The summed E-state index contributed by atoms with van der Waals surface area (Å²) in [6.07, 6.45) is 0.134. The van der Waals surface area contributed by atoms with Crippen LogP contribution in [0.4, 0.5) is 0 Å². The van der Waals surface area contributed by atoms with E-state index in [0.717, 1.165) is 11.0 Å². The Kier molecular flexibility index (Phi) is 4.42. The van der Waals surface area contributed by atoms with Gasteiger partial charge in [-0.15, -0.1) is 5.10 Å². The summed E-state index contributed by atoms with van der Waals surface area (Å²) in [5.74, 6) is -0.654. The van der Waals surface area contributed by atoms with Crippen molar-refractivity contribution in [2.75, 3.05) is 6.61 Å². The van der Waals surface area contributed by atoms with E-state index in [0.29, 0.717) is 12.1 Å². The van der Waals surface area contributed by atoms with E-state index < -0.39 is 5.97 Å². The number of Topliss-reactive ketones (excluding diaryl/α,β-unsaturated/α-hetero) is 1. The Hall–Kier alpha value is -3.02. The van der Waals surface area contributed by atoms with Gasteiger partial charge >= 0.3 is 5.97 Å². The lowest BCUT2D eigenvalue weighted by molar-refractivity contribution is -0.142. The van der Waals surface area contributed by atoms with Gasteiger partial charge in [-0.3, -0.25) is 9.59 Å². The van der Waals surface area contributed by atoms with Crippen LogP contribution < -0.4 is 0 Å². The lowest BCUT2D eigenvalue weighted by atomic mass is 10.1. The van der Waals surface area contributed by atoms with Gasteiger partial charge in [-0.2, -0.15) is 0 Å².